The summed E-state index contributed by atoms with van der Waals surface area (Å²) in [5, 5.41) is 11.6. The number of hydrogen-bond acceptors (Lipinski definition) is 7. The van der Waals surface area contributed by atoms with E-state index in [9.17, 15) is 14.4 Å². The van der Waals surface area contributed by atoms with Gasteiger partial charge in [-0.3, -0.25) is 19.3 Å². The van der Waals surface area contributed by atoms with Gasteiger partial charge in [-0.1, -0.05) is 32.1 Å². The Hall–Kier alpha value is -1.87. The first-order chi connectivity index (χ1) is 12.7. The van der Waals surface area contributed by atoms with Gasteiger partial charge in [-0.05, 0) is 24.7 Å². The van der Waals surface area contributed by atoms with E-state index in [0.717, 1.165) is 12.8 Å². The van der Waals surface area contributed by atoms with Gasteiger partial charge in [0.15, 0.2) is 0 Å². The third-order valence-corrected chi connectivity index (χ3v) is 7.09. The van der Waals surface area contributed by atoms with Crippen molar-refractivity contribution >= 4 is 34.2 Å². The lowest BCUT2D eigenvalue weighted by molar-refractivity contribution is -0.168. The lowest BCUT2D eigenvalue weighted by atomic mass is 9.62. The van der Waals surface area contributed by atoms with Crippen molar-refractivity contribution in [1.82, 2.24) is 15.1 Å². The highest BCUT2D eigenvalue weighted by atomic mass is 32.1. The van der Waals surface area contributed by atoms with Crippen molar-refractivity contribution in [2.45, 2.75) is 53.1 Å². The molecule has 1 aliphatic heterocycles. The molecule has 2 aliphatic rings. The van der Waals surface area contributed by atoms with Crippen LogP contribution in [0.2, 0.25) is 0 Å². The summed E-state index contributed by atoms with van der Waals surface area (Å²) in [5.74, 6) is -0.509. The van der Waals surface area contributed by atoms with Gasteiger partial charge in [0.2, 0.25) is 22.9 Å². The molecule has 2 unspecified atom stereocenters. The predicted octanol–water partition coefficient (Wildman–Crippen LogP) is 2.21. The van der Waals surface area contributed by atoms with Crippen LogP contribution in [0.5, 0.6) is 0 Å². The smallest absolute Gasteiger partial charge is 0.235 e. The zero-order valence-corrected chi connectivity index (χ0v) is 17.0. The number of rotatable bonds is 7. The van der Waals surface area contributed by atoms with E-state index in [1.807, 2.05) is 20.8 Å². The lowest BCUT2D eigenvalue weighted by Gasteiger charge is -2.47. The van der Waals surface area contributed by atoms with Crippen LogP contribution in [-0.4, -0.2) is 46.5 Å². The summed E-state index contributed by atoms with van der Waals surface area (Å²) >= 11 is 1.26. The summed E-state index contributed by atoms with van der Waals surface area (Å²) in [6.45, 7) is 6.63. The molecular formula is C18H26N4O4S. The quantitative estimate of drug-likeness (QED) is 0.712. The van der Waals surface area contributed by atoms with Gasteiger partial charge in [0, 0.05) is 26.0 Å². The van der Waals surface area contributed by atoms with Crippen LogP contribution in [-0.2, 0) is 25.7 Å². The number of nitrogens with one attached hydrogen (secondary N) is 1. The van der Waals surface area contributed by atoms with Gasteiger partial charge in [-0.25, -0.2) is 0 Å². The average Bonchev–Trinajstić information content (AvgIpc) is 3.10. The van der Waals surface area contributed by atoms with E-state index in [1.54, 1.807) is 7.11 Å². The van der Waals surface area contributed by atoms with Crippen molar-refractivity contribution < 1.29 is 19.1 Å². The van der Waals surface area contributed by atoms with Crippen molar-refractivity contribution in [3.63, 3.8) is 0 Å². The molecule has 1 aliphatic carbocycles. The molecule has 0 spiro atoms. The van der Waals surface area contributed by atoms with Gasteiger partial charge in [0.05, 0.1) is 5.41 Å². The molecule has 8 nitrogen and oxygen atoms in total. The Kier molecular flexibility index (Phi) is 5.36. The van der Waals surface area contributed by atoms with Crippen molar-refractivity contribution in [2.24, 2.45) is 16.7 Å². The number of carbonyl (C=O) groups excluding carboxylic acids is 3. The third kappa shape index (κ3) is 3.38. The molecule has 0 aromatic carbocycles. The molecule has 1 saturated heterocycles. The molecule has 9 heteroatoms. The van der Waals surface area contributed by atoms with Gasteiger partial charge in [-0.2, -0.15) is 0 Å². The Morgan fingerprint density at radius 2 is 2.07 bits per heavy atom. The number of hydrogen-bond donors (Lipinski definition) is 1. The fourth-order valence-corrected chi connectivity index (χ4v) is 4.91. The number of imide groups is 1. The summed E-state index contributed by atoms with van der Waals surface area (Å²) in [7, 11) is 1.57. The molecule has 3 amide bonds. The van der Waals surface area contributed by atoms with Crippen molar-refractivity contribution in [3.8, 4) is 0 Å². The van der Waals surface area contributed by atoms with Crippen LogP contribution in [0.15, 0.2) is 0 Å². The van der Waals surface area contributed by atoms with E-state index in [0.29, 0.717) is 23.2 Å². The number of ether oxygens (including phenoxy) is 1. The van der Waals surface area contributed by atoms with Crippen molar-refractivity contribution in [1.29, 1.82) is 0 Å². The van der Waals surface area contributed by atoms with Gasteiger partial charge >= 0.3 is 0 Å². The van der Waals surface area contributed by atoms with Gasteiger partial charge in [0.25, 0.3) is 0 Å². The minimum atomic E-state index is -0.502. The van der Waals surface area contributed by atoms with Crippen LogP contribution >= 0.6 is 11.3 Å². The second-order valence-corrected chi connectivity index (χ2v) is 9.09. The number of methoxy groups -OCH3 is 1. The van der Waals surface area contributed by atoms with E-state index in [2.05, 4.69) is 15.5 Å². The van der Waals surface area contributed by atoms with Gasteiger partial charge in [-0.15, -0.1) is 10.2 Å². The highest BCUT2D eigenvalue weighted by Gasteiger charge is 2.64. The monoisotopic (exact) mass is 394 g/mol. The van der Waals surface area contributed by atoms with E-state index in [1.165, 1.54) is 16.2 Å². The average molecular weight is 394 g/mol. The second kappa shape index (κ2) is 7.27. The van der Waals surface area contributed by atoms with Crippen LogP contribution in [0.3, 0.4) is 0 Å². The molecule has 1 saturated carbocycles. The molecule has 2 atom stereocenters. The summed E-state index contributed by atoms with van der Waals surface area (Å²) in [4.78, 5) is 39.2. The molecule has 1 aromatic heterocycles. The topological polar surface area (TPSA) is 101 Å². The van der Waals surface area contributed by atoms with Gasteiger partial charge < -0.3 is 10.1 Å². The Morgan fingerprint density at radius 1 is 1.33 bits per heavy atom. The lowest BCUT2D eigenvalue weighted by Crippen LogP contribution is -2.59. The maximum atomic E-state index is 12.9. The molecule has 148 valence electrons. The highest BCUT2D eigenvalue weighted by Crippen LogP contribution is 2.60. The molecule has 1 aromatic rings. The Bertz CT molecular complexity index is 762. The number of amides is 3. The predicted molar refractivity (Wildman–Crippen MR) is 99.8 cm³/mol. The van der Waals surface area contributed by atoms with E-state index in [-0.39, 0.29) is 42.0 Å². The largest absolute Gasteiger partial charge is 0.377 e. The molecule has 3 rings (SSSR count). The highest BCUT2D eigenvalue weighted by molar-refractivity contribution is 7.15. The van der Waals surface area contributed by atoms with Crippen molar-refractivity contribution in [2.75, 3.05) is 19.0 Å². The zero-order valence-electron chi connectivity index (χ0n) is 16.2. The normalized spacial score (nSPS) is 26.5. The number of fused-ring (bicyclic) bond motifs is 2. The summed E-state index contributed by atoms with van der Waals surface area (Å²) in [6.07, 6.45) is 2.14. The number of likely N-dealkylation sites (tertiary alicyclic amines) is 1. The fourth-order valence-electron chi connectivity index (χ4n) is 4.18. The van der Waals surface area contributed by atoms with E-state index < -0.39 is 5.41 Å². The molecule has 2 fully saturated rings. The first kappa shape index (κ1) is 19.9. The summed E-state index contributed by atoms with van der Waals surface area (Å²) in [6, 6.07) is 0. The molecular weight excluding hydrogens is 368 g/mol. The molecule has 0 radical (unpaired) electrons. The van der Waals surface area contributed by atoms with E-state index in [4.69, 9.17) is 4.74 Å². The Labute approximate surface area is 162 Å². The fraction of sp³-hybridized carbons (Fsp3) is 0.722. The maximum absolute atomic E-state index is 12.9. The van der Waals surface area contributed by atoms with E-state index >= 15 is 0 Å². The molecule has 27 heavy (non-hydrogen) atoms. The molecule has 1 N–H and O–H groups in total. The molecule has 2 bridgehead atoms. The van der Waals surface area contributed by atoms with Crippen LogP contribution < -0.4 is 5.32 Å². The van der Waals surface area contributed by atoms with Crippen LogP contribution in [0, 0.1) is 16.7 Å². The number of aromatic nitrogens is 2. The zero-order chi connectivity index (χ0) is 19.8. The Balaban J connectivity index is 1.53. The van der Waals surface area contributed by atoms with Gasteiger partial charge in [0.1, 0.15) is 11.6 Å². The van der Waals surface area contributed by atoms with Crippen LogP contribution in [0.4, 0.5) is 5.13 Å². The number of anilines is 1. The second-order valence-electron chi connectivity index (χ2n) is 8.03. The third-order valence-electron chi connectivity index (χ3n) is 6.27. The first-order valence-corrected chi connectivity index (χ1v) is 9.99. The minimum absolute atomic E-state index is 0.0892. The summed E-state index contributed by atoms with van der Waals surface area (Å²) < 4.78 is 4.97. The maximum Gasteiger partial charge on any atom is 0.235 e. The summed E-state index contributed by atoms with van der Waals surface area (Å²) in [5.41, 5.74) is -0.815. The Morgan fingerprint density at radius 3 is 2.78 bits per heavy atom. The number of carbonyl (C=O) groups is 3. The first-order valence-electron chi connectivity index (χ1n) is 9.17. The standard InChI is InChI=1S/C18H26N4O4S/c1-17(2)11-7-8-18(17,3)15(25)22(14(11)24)9-5-6-12(23)19-16-21-20-13(27-16)10-26-4/h11H,5-10H2,1-4H3,(H,19,21,23). The van der Waals surface area contributed by atoms with Crippen LogP contribution in [0.25, 0.3) is 0 Å². The minimum Gasteiger partial charge on any atom is -0.377 e. The van der Waals surface area contributed by atoms with Crippen molar-refractivity contribution in [3.05, 3.63) is 5.01 Å². The number of piperidine rings is 1. The SMILES string of the molecule is COCc1nnc(NC(=O)CCCN2C(=O)C3CCC(C)(C2=O)C3(C)C)s1. The van der Waals surface area contributed by atoms with Crippen LogP contribution in [0.1, 0.15) is 51.5 Å². The number of nitrogens with zero attached hydrogens (tertiary/aromatic N) is 3. The molecule has 2 heterocycles.